The molecule has 0 aromatic heterocycles. The van der Waals surface area contributed by atoms with E-state index in [0.29, 0.717) is 0 Å². The predicted octanol–water partition coefficient (Wildman–Crippen LogP) is 0.430. The molecule has 13 nitrogen and oxygen atoms in total. The summed E-state index contributed by atoms with van der Waals surface area (Å²) in [5.74, 6) is -5.23. The summed E-state index contributed by atoms with van der Waals surface area (Å²) >= 11 is 0. The second-order valence-corrected chi connectivity index (χ2v) is 11.7. The van der Waals surface area contributed by atoms with Crippen LogP contribution in [0.5, 0.6) is 0 Å². The quantitative estimate of drug-likeness (QED) is 0.202. The van der Waals surface area contributed by atoms with Gasteiger partial charge in [-0.3, -0.25) is 19.2 Å². The first-order chi connectivity index (χ1) is 18.8. The van der Waals surface area contributed by atoms with Crippen LogP contribution in [0.15, 0.2) is 23.8 Å². The molecule has 0 bridgehead atoms. The van der Waals surface area contributed by atoms with Crippen molar-refractivity contribution in [1.29, 1.82) is 0 Å². The molecule has 11 atom stereocenters. The van der Waals surface area contributed by atoms with Crippen LogP contribution in [-0.2, 0) is 52.4 Å². The van der Waals surface area contributed by atoms with Gasteiger partial charge in [0.15, 0.2) is 23.4 Å². The van der Waals surface area contributed by atoms with E-state index in [4.69, 9.17) is 28.4 Å². The van der Waals surface area contributed by atoms with Gasteiger partial charge in [0, 0.05) is 39.0 Å². The van der Waals surface area contributed by atoms with E-state index in [-0.39, 0.29) is 5.57 Å². The van der Waals surface area contributed by atoms with Gasteiger partial charge in [-0.1, -0.05) is 13.0 Å². The Hall–Kier alpha value is -3.29. The Labute approximate surface area is 236 Å². The lowest BCUT2D eigenvalue weighted by Crippen LogP contribution is -2.69. The van der Waals surface area contributed by atoms with Crippen LogP contribution in [0, 0.1) is 11.3 Å². The number of aliphatic hydroxyl groups excluding tert-OH is 1. The fourth-order valence-electron chi connectivity index (χ4n) is 6.88. The van der Waals surface area contributed by atoms with Gasteiger partial charge in [-0.05, 0) is 38.5 Å². The highest BCUT2D eigenvalue weighted by Gasteiger charge is 2.88. The Morgan fingerprint density at radius 1 is 0.878 bits per heavy atom. The van der Waals surface area contributed by atoms with Gasteiger partial charge in [0.05, 0.1) is 0 Å². The van der Waals surface area contributed by atoms with E-state index in [1.54, 1.807) is 0 Å². The molecule has 0 aromatic carbocycles. The molecule has 2 aliphatic carbocycles. The van der Waals surface area contributed by atoms with Crippen molar-refractivity contribution in [2.75, 3.05) is 0 Å². The van der Waals surface area contributed by atoms with E-state index in [2.05, 4.69) is 0 Å². The zero-order chi connectivity index (χ0) is 30.9. The van der Waals surface area contributed by atoms with Gasteiger partial charge in [0.1, 0.15) is 30.0 Å². The number of carbonyl (C=O) groups excluding carboxylic acids is 5. The molecule has 4 rings (SSSR count). The van der Waals surface area contributed by atoms with Gasteiger partial charge < -0.3 is 38.6 Å². The largest absolute Gasteiger partial charge is 0.459 e. The molecule has 13 heteroatoms. The average molecular weight is 581 g/mol. The van der Waals surface area contributed by atoms with Gasteiger partial charge in [0.25, 0.3) is 0 Å². The van der Waals surface area contributed by atoms with E-state index >= 15 is 0 Å². The Balaban J connectivity index is 2.09. The smallest absolute Gasteiger partial charge is 0.342 e. The molecule has 41 heavy (non-hydrogen) atoms. The van der Waals surface area contributed by atoms with Gasteiger partial charge in [-0.25, -0.2) is 4.79 Å². The summed E-state index contributed by atoms with van der Waals surface area (Å²) in [5.41, 5.74) is -6.81. The monoisotopic (exact) mass is 580 g/mol. The van der Waals surface area contributed by atoms with Gasteiger partial charge in [-0.15, -0.1) is 0 Å². The number of epoxide rings is 1. The maximum atomic E-state index is 13.1. The summed E-state index contributed by atoms with van der Waals surface area (Å²) in [6.07, 6.45) is -4.40. The molecular weight excluding hydrogens is 544 g/mol. The molecule has 0 unspecified atom stereocenters. The number of rotatable bonds is 4. The number of hydrogen-bond donors (Lipinski definition) is 2. The summed E-state index contributed by atoms with van der Waals surface area (Å²) < 4.78 is 34.2. The SMILES string of the molecule is CC(=O)O[C@@H]1[C@H]2[C@](C)(O)[C@H](OC(C)=O)C=C[C@@]2(C)[C@@H](OC(C)=O)[C@H](O)[C@@H](OC(C)=O)/C(C)=C\[C@@H]2OC(=O)[C@]3(C)O[C@@]213. The van der Waals surface area contributed by atoms with Crippen molar-refractivity contribution in [2.45, 2.75) is 109 Å². The van der Waals surface area contributed by atoms with E-state index in [9.17, 15) is 34.2 Å². The highest BCUT2D eigenvalue weighted by Crippen LogP contribution is 2.65. The van der Waals surface area contributed by atoms with Crippen LogP contribution in [0.4, 0.5) is 0 Å². The van der Waals surface area contributed by atoms with Gasteiger partial charge in [0.2, 0.25) is 0 Å². The van der Waals surface area contributed by atoms with Crippen molar-refractivity contribution in [2.24, 2.45) is 11.3 Å². The predicted molar refractivity (Wildman–Crippen MR) is 135 cm³/mol. The zero-order valence-electron chi connectivity index (χ0n) is 24.2. The Morgan fingerprint density at radius 2 is 1.41 bits per heavy atom. The molecule has 2 aliphatic heterocycles. The number of carbonyl (C=O) groups is 5. The van der Waals surface area contributed by atoms with E-state index in [1.165, 1.54) is 45.9 Å². The summed E-state index contributed by atoms with van der Waals surface area (Å²) in [5, 5.41) is 23.9. The molecule has 0 amide bonds. The fraction of sp³-hybridized carbons (Fsp3) is 0.679. The standard InChI is InChI=1S/C28H36O13/c1-12-11-18-28(27(8,41-28)24(34)40-18)23(39-16(5)32)21-25(6,10-9-17(26(21,7)35)36-13(2)29)22(38-15(4)31)19(33)20(12)37-14(3)30/h9-11,17-23,33,35H,1-8H3/b12-11-/t17-,18+,19-,20+,21-,22+,23-,25-,26-,27+,28+/m1/s1. The van der Waals surface area contributed by atoms with E-state index in [1.807, 2.05) is 0 Å². The maximum absolute atomic E-state index is 13.1. The Morgan fingerprint density at radius 3 is 1.93 bits per heavy atom. The molecule has 2 N–H and O–H groups in total. The normalized spacial score (nSPS) is 45.9. The average Bonchev–Trinajstić information content (AvgIpc) is 3.42. The number of fused-ring (bicyclic) bond motifs is 1. The van der Waals surface area contributed by atoms with Crippen molar-refractivity contribution in [1.82, 2.24) is 0 Å². The van der Waals surface area contributed by atoms with Crippen LogP contribution in [0.3, 0.4) is 0 Å². The first-order valence-corrected chi connectivity index (χ1v) is 13.2. The van der Waals surface area contributed by atoms with E-state index < -0.39 is 94.6 Å². The lowest BCUT2D eigenvalue weighted by atomic mass is 9.55. The fourth-order valence-corrected chi connectivity index (χ4v) is 6.88. The first kappa shape index (κ1) is 30.7. The van der Waals surface area contributed by atoms with Crippen LogP contribution < -0.4 is 0 Å². The Bertz CT molecular complexity index is 1240. The van der Waals surface area contributed by atoms with Crippen LogP contribution >= 0.6 is 0 Å². The van der Waals surface area contributed by atoms with Crippen LogP contribution in [0.1, 0.15) is 55.4 Å². The lowest BCUT2D eigenvalue weighted by Gasteiger charge is -2.55. The molecule has 2 saturated heterocycles. The third kappa shape index (κ3) is 4.63. The zero-order valence-corrected chi connectivity index (χ0v) is 24.2. The summed E-state index contributed by atoms with van der Waals surface area (Å²) in [6, 6.07) is 0. The third-order valence-electron chi connectivity index (χ3n) is 8.62. The third-order valence-corrected chi connectivity index (χ3v) is 8.62. The van der Waals surface area contributed by atoms with Crippen molar-refractivity contribution in [3.8, 4) is 0 Å². The first-order valence-electron chi connectivity index (χ1n) is 13.2. The summed E-state index contributed by atoms with van der Waals surface area (Å²) in [4.78, 5) is 62.3. The summed E-state index contributed by atoms with van der Waals surface area (Å²) in [7, 11) is 0. The molecule has 2 heterocycles. The number of esters is 5. The highest BCUT2D eigenvalue weighted by molar-refractivity contribution is 5.89. The van der Waals surface area contributed by atoms with Crippen LogP contribution in [0.25, 0.3) is 0 Å². The number of hydrogen-bond acceptors (Lipinski definition) is 13. The van der Waals surface area contributed by atoms with Crippen LogP contribution in [0.2, 0.25) is 0 Å². The molecule has 1 spiro atoms. The molecule has 0 saturated carbocycles. The molecule has 0 radical (unpaired) electrons. The van der Waals surface area contributed by atoms with Crippen molar-refractivity contribution in [3.63, 3.8) is 0 Å². The van der Waals surface area contributed by atoms with Crippen molar-refractivity contribution in [3.05, 3.63) is 23.8 Å². The molecular formula is C28H36O13. The second kappa shape index (κ2) is 9.92. The number of aliphatic hydroxyl groups is 2. The lowest BCUT2D eigenvalue weighted by molar-refractivity contribution is -0.230. The van der Waals surface area contributed by atoms with Crippen molar-refractivity contribution >= 4 is 29.8 Å². The minimum absolute atomic E-state index is 0.231. The second-order valence-electron chi connectivity index (χ2n) is 11.7. The molecule has 2 fully saturated rings. The van der Waals surface area contributed by atoms with E-state index in [0.717, 1.165) is 27.7 Å². The molecule has 226 valence electrons. The van der Waals surface area contributed by atoms with Gasteiger partial charge >= 0.3 is 29.8 Å². The number of ether oxygens (including phenoxy) is 6. The topological polar surface area (TPSA) is 184 Å². The maximum Gasteiger partial charge on any atom is 0.342 e. The summed E-state index contributed by atoms with van der Waals surface area (Å²) in [6.45, 7) is 10.4. The minimum atomic E-state index is -2.08. The Kier molecular flexibility index (Phi) is 7.42. The van der Waals surface area contributed by atoms with Crippen LogP contribution in [-0.4, -0.2) is 93.5 Å². The minimum Gasteiger partial charge on any atom is -0.459 e. The van der Waals surface area contributed by atoms with Crippen molar-refractivity contribution < 1.29 is 62.6 Å². The van der Waals surface area contributed by atoms with Gasteiger partial charge in [-0.2, -0.15) is 0 Å². The highest BCUT2D eigenvalue weighted by atomic mass is 16.7. The molecule has 4 aliphatic rings. The molecule has 0 aromatic rings.